The number of sulfonamides is 1. The summed E-state index contributed by atoms with van der Waals surface area (Å²) in [4.78, 5) is 17.8. The van der Waals surface area contributed by atoms with E-state index in [1.807, 2.05) is 12.1 Å². The lowest BCUT2D eigenvalue weighted by Crippen LogP contribution is -2.48. The number of fused-ring (bicyclic) bond motifs is 1. The Morgan fingerprint density at radius 2 is 1.86 bits per heavy atom. The number of anilines is 1. The van der Waals surface area contributed by atoms with E-state index in [0.717, 1.165) is 15.3 Å². The molecule has 0 amide bonds. The van der Waals surface area contributed by atoms with Crippen LogP contribution in [0.4, 0.5) is 5.13 Å². The van der Waals surface area contributed by atoms with Crippen molar-refractivity contribution < 1.29 is 18.3 Å². The fraction of sp³-hybridized carbons (Fsp3) is 0.222. The fourth-order valence-electron chi connectivity index (χ4n) is 3.08. The van der Waals surface area contributed by atoms with Crippen LogP contribution in [-0.2, 0) is 10.0 Å². The van der Waals surface area contributed by atoms with Crippen LogP contribution < -0.4 is 4.90 Å². The Kier molecular flexibility index (Phi) is 5.00. The lowest BCUT2D eigenvalue weighted by atomic mass is 10.2. The largest absolute Gasteiger partial charge is 0.478 e. The van der Waals surface area contributed by atoms with E-state index in [2.05, 4.69) is 9.88 Å². The van der Waals surface area contributed by atoms with Crippen molar-refractivity contribution in [2.45, 2.75) is 4.90 Å². The van der Waals surface area contributed by atoms with Crippen molar-refractivity contribution in [1.82, 2.24) is 9.29 Å². The third-order valence-corrected chi connectivity index (χ3v) is 7.78. The Bertz CT molecular complexity index is 1150. The third-order valence-electron chi connectivity index (χ3n) is 4.57. The van der Waals surface area contributed by atoms with E-state index in [-0.39, 0.29) is 10.5 Å². The minimum atomic E-state index is -3.75. The van der Waals surface area contributed by atoms with Gasteiger partial charge in [-0.15, -0.1) is 0 Å². The summed E-state index contributed by atoms with van der Waals surface area (Å²) in [5.74, 6) is -1.15. The van der Waals surface area contributed by atoms with Gasteiger partial charge in [-0.2, -0.15) is 4.31 Å². The molecule has 0 bridgehead atoms. The summed E-state index contributed by atoms with van der Waals surface area (Å²) in [6, 6.07) is 11.0. The number of hydrogen-bond acceptors (Lipinski definition) is 6. The highest BCUT2D eigenvalue weighted by Crippen LogP contribution is 2.31. The summed E-state index contributed by atoms with van der Waals surface area (Å²) >= 11 is 7.55. The van der Waals surface area contributed by atoms with Crippen molar-refractivity contribution in [3.8, 4) is 0 Å². The van der Waals surface area contributed by atoms with E-state index >= 15 is 0 Å². The van der Waals surface area contributed by atoms with Gasteiger partial charge in [-0.05, 0) is 36.4 Å². The second-order valence-corrected chi connectivity index (χ2v) is 9.72. The monoisotopic (exact) mass is 437 g/mol. The van der Waals surface area contributed by atoms with Crippen LogP contribution in [0.15, 0.2) is 47.4 Å². The molecule has 0 saturated carbocycles. The van der Waals surface area contributed by atoms with Gasteiger partial charge in [0.1, 0.15) is 0 Å². The highest BCUT2D eigenvalue weighted by atomic mass is 35.5. The number of halogens is 1. The molecule has 1 aliphatic rings. The van der Waals surface area contributed by atoms with Crippen molar-refractivity contribution >= 4 is 54.3 Å². The first kappa shape index (κ1) is 19.1. The highest BCUT2D eigenvalue weighted by Gasteiger charge is 2.30. The molecular formula is C18H16ClN3O4S2. The van der Waals surface area contributed by atoms with Crippen molar-refractivity contribution in [1.29, 1.82) is 0 Å². The molecule has 0 aliphatic carbocycles. The van der Waals surface area contributed by atoms with Gasteiger partial charge in [0.15, 0.2) is 5.13 Å². The molecule has 1 saturated heterocycles. The molecule has 1 aliphatic heterocycles. The molecule has 4 rings (SSSR count). The average Bonchev–Trinajstić information content (AvgIpc) is 3.11. The van der Waals surface area contributed by atoms with Gasteiger partial charge in [-0.1, -0.05) is 29.0 Å². The Morgan fingerprint density at radius 1 is 1.11 bits per heavy atom. The van der Waals surface area contributed by atoms with Crippen LogP contribution in [0, 0.1) is 0 Å². The molecule has 28 heavy (non-hydrogen) atoms. The minimum Gasteiger partial charge on any atom is -0.478 e. The molecular weight excluding hydrogens is 422 g/mol. The molecule has 1 fully saturated rings. The summed E-state index contributed by atoms with van der Waals surface area (Å²) < 4.78 is 28.1. The van der Waals surface area contributed by atoms with Gasteiger partial charge in [-0.3, -0.25) is 0 Å². The number of carboxylic acid groups (broad SMARTS) is 1. The molecule has 2 heterocycles. The first-order valence-corrected chi connectivity index (χ1v) is 11.1. The molecule has 1 aromatic heterocycles. The Morgan fingerprint density at radius 3 is 2.57 bits per heavy atom. The molecule has 0 spiro atoms. The van der Waals surface area contributed by atoms with Crippen LogP contribution in [0.1, 0.15) is 10.4 Å². The molecule has 3 aromatic rings. The van der Waals surface area contributed by atoms with Gasteiger partial charge in [0, 0.05) is 31.2 Å². The van der Waals surface area contributed by atoms with E-state index in [1.54, 1.807) is 6.07 Å². The molecule has 146 valence electrons. The first-order valence-electron chi connectivity index (χ1n) is 8.49. The summed E-state index contributed by atoms with van der Waals surface area (Å²) in [5, 5.41) is 10.6. The number of benzene rings is 2. The maximum absolute atomic E-state index is 12.9. The van der Waals surface area contributed by atoms with Crippen LogP contribution in [0.3, 0.4) is 0 Å². The van der Waals surface area contributed by atoms with Crippen LogP contribution in [0.25, 0.3) is 10.2 Å². The van der Waals surface area contributed by atoms with Crippen LogP contribution in [0.5, 0.6) is 0 Å². The van der Waals surface area contributed by atoms with E-state index in [9.17, 15) is 13.2 Å². The predicted molar refractivity (Wildman–Crippen MR) is 109 cm³/mol. The molecule has 2 aromatic carbocycles. The SMILES string of the molecule is O=C(O)c1cccc(S(=O)(=O)N2CCN(c3nc4ccc(Cl)cc4s3)CC2)c1. The zero-order valence-electron chi connectivity index (χ0n) is 14.6. The minimum absolute atomic E-state index is 0.00419. The highest BCUT2D eigenvalue weighted by molar-refractivity contribution is 7.89. The van der Waals surface area contributed by atoms with Gasteiger partial charge < -0.3 is 10.0 Å². The summed E-state index contributed by atoms with van der Waals surface area (Å²) in [6.45, 7) is 1.61. The van der Waals surface area contributed by atoms with Crippen LogP contribution >= 0.6 is 22.9 Å². The topological polar surface area (TPSA) is 90.8 Å². The quantitative estimate of drug-likeness (QED) is 0.674. The summed E-state index contributed by atoms with van der Waals surface area (Å²) in [6.07, 6.45) is 0. The number of piperazine rings is 1. The Labute approximate surface area is 170 Å². The van der Waals surface area contributed by atoms with Crippen LogP contribution in [-0.4, -0.2) is 55.0 Å². The van der Waals surface area contributed by atoms with E-state index in [1.165, 1.54) is 39.9 Å². The number of aromatic nitrogens is 1. The maximum Gasteiger partial charge on any atom is 0.335 e. The standard InChI is InChI=1S/C18H16ClN3O4S2/c19-13-4-5-15-16(11-13)27-18(20-15)21-6-8-22(9-7-21)28(25,26)14-3-1-2-12(10-14)17(23)24/h1-5,10-11H,6-9H2,(H,23,24). The van der Waals surface area contributed by atoms with Crippen molar-refractivity contribution in [3.63, 3.8) is 0 Å². The normalized spacial score (nSPS) is 15.8. The van der Waals surface area contributed by atoms with Crippen molar-refractivity contribution in [2.24, 2.45) is 0 Å². The number of aromatic carboxylic acids is 1. The number of carboxylic acids is 1. The summed E-state index contributed by atoms with van der Waals surface area (Å²) in [7, 11) is -3.75. The zero-order chi connectivity index (χ0) is 19.9. The molecule has 0 atom stereocenters. The Balaban J connectivity index is 1.51. The third kappa shape index (κ3) is 3.58. The van der Waals surface area contributed by atoms with Gasteiger partial charge in [0.2, 0.25) is 10.0 Å². The second-order valence-electron chi connectivity index (χ2n) is 6.33. The number of rotatable bonds is 4. The van der Waals surface area contributed by atoms with Gasteiger partial charge in [0.05, 0.1) is 20.7 Å². The number of thiazole rings is 1. The van der Waals surface area contributed by atoms with E-state index < -0.39 is 16.0 Å². The lowest BCUT2D eigenvalue weighted by Gasteiger charge is -2.33. The lowest BCUT2D eigenvalue weighted by molar-refractivity contribution is 0.0696. The van der Waals surface area contributed by atoms with E-state index in [0.29, 0.717) is 31.2 Å². The molecule has 1 N–H and O–H groups in total. The molecule has 10 heteroatoms. The average molecular weight is 438 g/mol. The number of nitrogens with zero attached hydrogens (tertiary/aromatic N) is 3. The summed E-state index contributed by atoms with van der Waals surface area (Å²) in [5.41, 5.74) is 0.817. The van der Waals surface area contributed by atoms with Gasteiger partial charge in [0.25, 0.3) is 0 Å². The number of carbonyl (C=O) groups is 1. The number of hydrogen-bond donors (Lipinski definition) is 1. The van der Waals surface area contributed by atoms with Gasteiger partial charge >= 0.3 is 5.97 Å². The first-order chi connectivity index (χ1) is 13.3. The Hall–Kier alpha value is -2.20. The fourth-order valence-corrected chi connectivity index (χ4v) is 5.84. The molecule has 0 radical (unpaired) electrons. The maximum atomic E-state index is 12.9. The van der Waals surface area contributed by atoms with Crippen molar-refractivity contribution in [3.05, 3.63) is 53.1 Å². The second kappa shape index (κ2) is 7.32. The molecule has 7 nitrogen and oxygen atoms in total. The van der Waals surface area contributed by atoms with Gasteiger partial charge in [-0.25, -0.2) is 18.2 Å². The zero-order valence-corrected chi connectivity index (χ0v) is 17.0. The van der Waals surface area contributed by atoms with Crippen LogP contribution in [0.2, 0.25) is 5.02 Å². The predicted octanol–water partition coefficient (Wildman–Crippen LogP) is 3.16. The van der Waals surface area contributed by atoms with Crippen molar-refractivity contribution in [2.75, 3.05) is 31.1 Å². The molecule has 0 unspecified atom stereocenters. The smallest absolute Gasteiger partial charge is 0.335 e. The van der Waals surface area contributed by atoms with E-state index in [4.69, 9.17) is 16.7 Å².